The van der Waals surface area contributed by atoms with Gasteiger partial charge in [0.1, 0.15) is 11.4 Å². The lowest BCUT2D eigenvalue weighted by Gasteiger charge is -2.06. The molecule has 3 rings (SSSR count). The summed E-state index contributed by atoms with van der Waals surface area (Å²) in [5, 5.41) is 7.08. The molecule has 1 aromatic heterocycles. The van der Waals surface area contributed by atoms with Gasteiger partial charge in [0, 0.05) is 6.54 Å². The minimum Gasteiger partial charge on any atom is -0.383 e. The van der Waals surface area contributed by atoms with E-state index in [0.717, 1.165) is 12.1 Å². The highest BCUT2D eigenvalue weighted by atomic mass is 16.1. The van der Waals surface area contributed by atoms with Crippen molar-refractivity contribution in [1.82, 2.24) is 15.1 Å². The molecule has 23 heavy (non-hydrogen) atoms. The van der Waals surface area contributed by atoms with Gasteiger partial charge in [0.05, 0.1) is 11.9 Å². The number of anilines is 1. The standard InChI is InChI=1S/C18H18N4O/c19-17-16(13-21-22(17)15-9-5-2-6-10-15)18(23)20-12-11-14-7-3-1-4-8-14/h1-10,13H,11-12,19H2,(H,20,23). The van der Waals surface area contributed by atoms with Gasteiger partial charge in [-0.1, -0.05) is 48.5 Å². The molecule has 0 radical (unpaired) electrons. The molecule has 0 atom stereocenters. The maximum Gasteiger partial charge on any atom is 0.256 e. The fourth-order valence-electron chi connectivity index (χ4n) is 2.37. The summed E-state index contributed by atoms with van der Waals surface area (Å²) in [7, 11) is 0. The lowest BCUT2D eigenvalue weighted by Crippen LogP contribution is -2.26. The van der Waals surface area contributed by atoms with Crippen molar-refractivity contribution in [3.05, 3.63) is 78.0 Å². The molecular weight excluding hydrogens is 288 g/mol. The second-order valence-electron chi connectivity index (χ2n) is 5.18. The molecule has 3 aromatic rings. The van der Waals surface area contributed by atoms with Crippen molar-refractivity contribution in [1.29, 1.82) is 0 Å². The van der Waals surface area contributed by atoms with Crippen LogP contribution in [0.4, 0.5) is 5.82 Å². The number of para-hydroxylation sites is 1. The van der Waals surface area contributed by atoms with Gasteiger partial charge in [0.25, 0.3) is 5.91 Å². The van der Waals surface area contributed by atoms with Crippen molar-refractivity contribution in [3.63, 3.8) is 0 Å². The monoisotopic (exact) mass is 306 g/mol. The molecule has 5 heteroatoms. The topological polar surface area (TPSA) is 72.9 Å². The third-order valence-corrected chi connectivity index (χ3v) is 3.59. The Labute approximate surface area is 134 Å². The van der Waals surface area contributed by atoms with Crippen LogP contribution in [0.3, 0.4) is 0 Å². The molecule has 2 aromatic carbocycles. The quantitative estimate of drug-likeness (QED) is 0.760. The summed E-state index contributed by atoms with van der Waals surface area (Å²) < 4.78 is 1.56. The summed E-state index contributed by atoms with van der Waals surface area (Å²) in [6.45, 7) is 0.554. The molecule has 1 heterocycles. The highest BCUT2D eigenvalue weighted by Crippen LogP contribution is 2.16. The second-order valence-corrected chi connectivity index (χ2v) is 5.18. The zero-order valence-corrected chi connectivity index (χ0v) is 12.6. The Hall–Kier alpha value is -3.08. The molecule has 0 saturated carbocycles. The summed E-state index contributed by atoms with van der Waals surface area (Å²) >= 11 is 0. The van der Waals surface area contributed by atoms with E-state index < -0.39 is 0 Å². The van der Waals surface area contributed by atoms with Crippen molar-refractivity contribution in [3.8, 4) is 5.69 Å². The van der Waals surface area contributed by atoms with Crippen LogP contribution in [0, 0.1) is 0 Å². The summed E-state index contributed by atoms with van der Waals surface area (Å²) in [5.74, 6) is 0.133. The average molecular weight is 306 g/mol. The predicted octanol–water partition coefficient (Wildman–Crippen LogP) is 2.43. The minimum atomic E-state index is -0.208. The largest absolute Gasteiger partial charge is 0.383 e. The minimum absolute atomic E-state index is 0.208. The van der Waals surface area contributed by atoms with Gasteiger partial charge in [-0.2, -0.15) is 5.10 Å². The van der Waals surface area contributed by atoms with E-state index >= 15 is 0 Å². The van der Waals surface area contributed by atoms with E-state index in [0.29, 0.717) is 17.9 Å². The highest BCUT2D eigenvalue weighted by molar-refractivity contribution is 5.98. The molecule has 1 amide bonds. The van der Waals surface area contributed by atoms with Gasteiger partial charge in [0.15, 0.2) is 0 Å². The van der Waals surface area contributed by atoms with Crippen molar-refractivity contribution < 1.29 is 4.79 Å². The summed E-state index contributed by atoms with van der Waals surface area (Å²) in [4.78, 5) is 12.3. The molecule has 116 valence electrons. The number of rotatable bonds is 5. The van der Waals surface area contributed by atoms with Gasteiger partial charge in [0.2, 0.25) is 0 Å². The van der Waals surface area contributed by atoms with Crippen LogP contribution >= 0.6 is 0 Å². The normalized spacial score (nSPS) is 10.4. The van der Waals surface area contributed by atoms with Gasteiger partial charge < -0.3 is 11.1 Å². The van der Waals surface area contributed by atoms with Crippen molar-refractivity contribution in [2.24, 2.45) is 0 Å². The Morgan fingerprint density at radius 3 is 2.39 bits per heavy atom. The molecule has 3 N–H and O–H groups in total. The molecule has 0 unspecified atom stereocenters. The van der Waals surface area contributed by atoms with Gasteiger partial charge in [-0.3, -0.25) is 4.79 Å². The number of carbonyl (C=O) groups is 1. The number of amides is 1. The van der Waals surface area contributed by atoms with Crippen LogP contribution < -0.4 is 11.1 Å². The van der Waals surface area contributed by atoms with Gasteiger partial charge in [-0.05, 0) is 24.1 Å². The van der Waals surface area contributed by atoms with E-state index in [9.17, 15) is 4.79 Å². The zero-order chi connectivity index (χ0) is 16.1. The lowest BCUT2D eigenvalue weighted by atomic mass is 10.1. The van der Waals surface area contributed by atoms with Gasteiger partial charge in [-0.15, -0.1) is 0 Å². The Morgan fingerprint density at radius 2 is 1.70 bits per heavy atom. The van der Waals surface area contributed by atoms with Crippen LogP contribution in [0.5, 0.6) is 0 Å². The molecule has 0 aliphatic heterocycles. The first-order valence-electron chi connectivity index (χ1n) is 7.47. The summed E-state index contributed by atoms with van der Waals surface area (Å²) in [6, 6.07) is 19.5. The summed E-state index contributed by atoms with van der Waals surface area (Å²) in [6.07, 6.45) is 2.28. The number of nitrogen functional groups attached to an aromatic ring is 1. The Bertz CT molecular complexity index is 781. The first-order chi connectivity index (χ1) is 11.3. The van der Waals surface area contributed by atoms with Gasteiger partial charge >= 0.3 is 0 Å². The van der Waals surface area contributed by atoms with Crippen LogP contribution in [0.15, 0.2) is 66.9 Å². The highest BCUT2D eigenvalue weighted by Gasteiger charge is 2.15. The number of benzene rings is 2. The maximum atomic E-state index is 12.3. The van der Waals surface area contributed by atoms with Crippen LogP contribution in [0.1, 0.15) is 15.9 Å². The molecular formula is C18H18N4O. The third-order valence-electron chi connectivity index (χ3n) is 3.59. The van der Waals surface area contributed by atoms with Crippen LogP contribution in [0.2, 0.25) is 0 Å². The summed E-state index contributed by atoms with van der Waals surface area (Å²) in [5.41, 5.74) is 8.46. The number of aromatic nitrogens is 2. The number of nitrogens with zero attached hydrogens (tertiary/aromatic N) is 2. The Kier molecular flexibility index (Phi) is 4.38. The van der Waals surface area contributed by atoms with Crippen molar-refractivity contribution in [2.45, 2.75) is 6.42 Å². The van der Waals surface area contributed by atoms with E-state index in [1.54, 1.807) is 4.68 Å². The second kappa shape index (κ2) is 6.79. The third kappa shape index (κ3) is 3.40. The molecule has 0 fully saturated rings. The van der Waals surface area contributed by atoms with Crippen LogP contribution in [-0.2, 0) is 6.42 Å². The van der Waals surface area contributed by atoms with E-state index in [2.05, 4.69) is 10.4 Å². The average Bonchev–Trinajstić information content (AvgIpc) is 2.98. The fraction of sp³-hybridized carbons (Fsp3) is 0.111. The Balaban J connectivity index is 1.65. The number of nitrogens with two attached hydrogens (primary N) is 1. The van der Waals surface area contributed by atoms with Crippen LogP contribution in [-0.4, -0.2) is 22.2 Å². The predicted molar refractivity (Wildman–Crippen MR) is 90.5 cm³/mol. The number of hydrogen-bond acceptors (Lipinski definition) is 3. The van der Waals surface area contributed by atoms with E-state index in [1.807, 2.05) is 60.7 Å². The first kappa shape index (κ1) is 14.8. The number of hydrogen-bond donors (Lipinski definition) is 2. The first-order valence-corrected chi connectivity index (χ1v) is 7.47. The Morgan fingerprint density at radius 1 is 1.04 bits per heavy atom. The van der Waals surface area contributed by atoms with E-state index in [-0.39, 0.29) is 5.91 Å². The zero-order valence-electron chi connectivity index (χ0n) is 12.6. The number of carbonyl (C=O) groups excluding carboxylic acids is 1. The molecule has 5 nitrogen and oxygen atoms in total. The maximum absolute atomic E-state index is 12.3. The lowest BCUT2D eigenvalue weighted by molar-refractivity contribution is 0.0955. The van der Waals surface area contributed by atoms with Gasteiger partial charge in [-0.25, -0.2) is 4.68 Å². The van der Waals surface area contributed by atoms with Crippen molar-refractivity contribution in [2.75, 3.05) is 12.3 Å². The van der Waals surface area contributed by atoms with Crippen molar-refractivity contribution >= 4 is 11.7 Å². The molecule has 0 aliphatic rings. The molecule has 0 bridgehead atoms. The van der Waals surface area contributed by atoms with E-state index in [4.69, 9.17) is 5.73 Å². The molecule has 0 aliphatic carbocycles. The van der Waals surface area contributed by atoms with Crippen LogP contribution in [0.25, 0.3) is 5.69 Å². The molecule has 0 saturated heterocycles. The smallest absolute Gasteiger partial charge is 0.256 e. The van der Waals surface area contributed by atoms with E-state index in [1.165, 1.54) is 11.8 Å². The molecule has 0 spiro atoms. The SMILES string of the molecule is Nc1c(C(=O)NCCc2ccccc2)cnn1-c1ccccc1. The fourth-order valence-corrected chi connectivity index (χ4v) is 2.37. The number of nitrogens with one attached hydrogen (secondary N) is 1.